The van der Waals surface area contributed by atoms with Crippen LogP contribution in [-0.2, 0) is 9.59 Å². The van der Waals surface area contributed by atoms with Gasteiger partial charge in [-0.1, -0.05) is 91.5 Å². The van der Waals surface area contributed by atoms with E-state index in [1.807, 2.05) is 84.7 Å². The van der Waals surface area contributed by atoms with E-state index in [1.165, 1.54) is 0 Å². The summed E-state index contributed by atoms with van der Waals surface area (Å²) in [4.78, 5) is 23.7. The maximum atomic E-state index is 11.9. The highest BCUT2D eigenvalue weighted by Crippen LogP contribution is 2.35. The van der Waals surface area contributed by atoms with Crippen molar-refractivity contribution in [3.63, 3.8) is 0 Å². The van der Waals surface area contributed by atoms with E-state index in [1.54, 1.807) is 12.1 Å². The topological polar surface area (TPSA) is 34.1 Å². The first-order valence-corrected chi connectivity index (χ1v) is 8.17. The summed E-state index contributed by atoms with van der Waals surface area (Å²) < 4.78 is 0. The van der Waals surface area contributed by atoms with Gasteiger partial charge in [-0.3, -0.25) is 0 Å². The van der Waals surface area contributed by atoms with Crippen LogP contribution in [-0.4, -0.2) is 11.9 Å². The Bertz CT molecular complexity index is 1050. The normalized spacial score (nSPS) is 9.69. The Hall–Kier alpha value is -3.70. The van der Waals surface area contributed by atoms with Gasteiger partial charge in [0, 0.05) is 11.1 Å². The van der Waals surface area contributed by atoms with Crippen LogP contribution in [0.1, 0.15) is 16.7 Å². The van der Waals surface area contributed by atoms with E-state index in [-0.39, 0.29) is 11.1 Å². The molecule has 0 amide bonds. The number of hydrogen-bond acceptors (Lipinski definition) is 2. The average Bonchev–Trinajstić information content (AvgIpc) is 2.72. The molecule has 0 saturated heterocycles. The third kappa shape index (κ3) is 3.24. The quantitative estimate of drug-likeness (QED) is 0.478. The second kappa shape index (κ2) is 7.92. The Labute approximate surface area is 152 Å². The van der Waals surface area contributed by atoms with Crippen LogP contribution < -0.4 is 0 Å². The van der Waals surface area contributed by atoms with Crippen molar-refractivity contribution in [1.29, 1.82) is 0 Å². The van der Waals surface area contributed by atoms with Crippen molar-refractivity contribution in [3.05, 3.63) is 102 Å². The largest absolute Gasteiger partial charge is 0.233 e. The van der Waals surface area contributed by atoms with Gasteiger partial charge in [0.1, 0.15) is 11.9 Å². The highest BCUT2D eigenvalue weighted by molar-refractivity contribution is 6.24. The molecule has 0 atom stereocenters. The van der Waals surface area contributed by atoms with Gasteiger partial charge >= 0.3 is 0 Å². The standard InChI is InChI=1S/C24H16O2/c1-2-18-10-6-7-13-20(18)23(16-25)24(17-26)22-15-9-8-14-21(22)19-11-4-3-5-12-19/h2-15H,1H2. The van der Waals surface area contributed by atoms with E-state index >= 15 is 0 Å². The molecule has 0 saturated carbocycles. The molecule has 2 heteroatoms. The summed E-state index contributed by atoms with van der Waals surface area (Å²) in [6.07, 6.45) is 1.65. The molecule has 0 aliphatic heterocycles. The minimum absolute atomic E-state index is 0.180. The van der Waals surface area contributed by atoms with Gasteiger partial charge in [0.15, 0.2) is 0 Å². The lowest BCUT2D eigenvalue weighted by Gasteiger charge is -2.13. The van der Waals surface area contributed by atoms with Crippen molar-refractivity contribution in [3.8, 4) is 11.1 Å². The third-order valence-electron chi connectivity index (χ3n) is 4.19. The molecule has 0 N–H and O–H groups in total. The predicted octanol–water partition coefficient (Wildman–Crippen LogP) is 5.13. The van der Waals surface area contributed by atoms with Crippen LogP contribution in [0.4, 0.5) is 0 Å². The molecule has 0 aromatic heterocycles. The van der Waals surface area contributed by atoms with Gasteiger partial charge in [0.25, 0.3) is 0 Å². The molecule has 0 unspecified atom stereocenters. The first-order chi connectivity index (χ1) is 12.8. The molecule has 3 aromatic rings. The number of rotatable bonds is 5. The van der Waals surface area contributed by atoms with Crippen LogP contribution >= 0.6 is 0 Å². The third-order valence-corrected chi connectivity index (χ3v) is 4.19. The molecule has 0 radical (unpaired) electrons. The molecule has 0 aliphatic rings. The maximum Gasteiger partial charge on any atom is 0.134 e. The van der Waals surface area contributed by atoms with Crippen molar-refractivity contribution >= 4 is 29.1 Å². The zero-order valence-electron chi connectivity index (χ0n) is 14.1. The van der Waals surface area contributed by atoms with Crippen LogP contribution in [0, 0.1) is 0 Å². The minimum Gasteiger partial charge on any atom is -0.233 e. The summed E-state index contributed by atoms with van der Waals surface area (Å²) in [7, 11) is 0. The highest BCUT2D eigenvalue weighted by Gasteiger charge is 2.18. The second-order valence-corrected chi connectivity index (χ2v) is 5.66. The van der Waals surface area contributed by atoms with Crippen LogP contribution in [0.25, 0.3) is 28.3 Å². The zero-order chi connectivity index (χ0) is 18.4. The Morgan fingerprint density at radius 1 is 0.692 bits per heavy atom. The van der Waals surface area contributed by atoms with Crippen molar-refractivity contribution in [2.45, 2.75) is 0 Å². The van der Waals surface area contributed by atoms with Gasteiger partial charge in [-0.15, -0.1) is 0 Å². The lowest BCUT2D eigenvalue weighted by molar-refractivity contribution is 0.567. The van der Waals surface area contributed by atoms with Gasteiger partial charge in [0.05, 0.1) is 11.1 Å². The molecule has 0 fully saturated rings. The zero-order valence-corrected chi connectivity index (χ0v) is 14.1. The van der Waals surface area contributed by atoms with Crippen LogP contribution in [0.5, 0.6) is 0 Å². The molecular formula is C24H16O2. The highest BCUT2D eigenvalue weighted by atomic mass is 16.1. The summed E-state index contributed by atoms with van der Waals surface area (Å²) in [6, 6.07) is 24.5. The lowest BCUT2D eigenvalue weighted by atomic mass is 9.87. The molecule has 26 heavy (non-hydrogen) atoms. The first-order valence-electron chi connectivity index (χ1n) is 8.17. The molecule has 0 bridgehead atoms. The smallest absolute Gasteiger partial charge is 0.134 e. The summed E-state index contributed by atoms with van der Waals surface area (Å²) in [5.74, 6) is 3.90. The van der Waals surface area contributed by atoms with E-state index in [0.717, 1.165) is 16.7 Å². The molecule has 0 aliphatic carbocycles. The van der Waals surface area contributed by atoms with Crippen LogP contribution in [0.2, 0.25) is 0 Å². The second-order valence-electron chi connectivity index (χ2n) is 5.66. The number of carbonyl (C=O) groups excluding carboxylic acids is 2. The molecule has 124 valence electrons. The Balaban J connectivity index is 2.21. The number of benzene rings is 3. The fourth-order valence-corrected chi connectivity index (χ4v) is 2.95. The number of allylic oxidation sites excluding steroid dienone is 2. The van der Waals surface area contributed by atoms with E-state index < -0.39 is 0 Å². The molecule has 2 nitrogen and oxygen atoms in total. The monoisotopic (exact) mass is 336 g/mol. The van der Waals surface area contributed by atoms with Crippen molar-refractivity contribution < 1.29 is 9.59 Å². The minimum atomic E-state index is 0.180. The summed E-state index contributed by atoms with van der Waals surface area (Å²) in [5, 5.41) is 0. The predicted molar refractivity (Wildman–Crippen MR) is 107 cm³/mol. The van der Waals surface area contributed by atoms with Crippen LogP contribution in [0.3, 0.4) is 0 Å². The van der Waals surface area contributed by atoms with Crippen LogP contribution in [0.15, 0.2) is 85.4 Å². The Morgan fingerprint density at radius 2 is 1.23 bits per heavy atom. The maximum absolute atomic E-state index is 11.9. The van der Waals surface area contributed by atoms with Crippen molar-refractivity contribution in [2.24, 2.45) is 0 Å². The van der Waals surface area contributed by atoms with Gasteiger partial charge in [-0.25, -0.2) is 9.59 Å². The summed E-state index contributed by atoms with van der Waals surface area (Å²) in [6.45, 7) is 3.78. The van der Waals surface area contributed by atoms with E-state index in [4.69, 9.17) is 0 Å². The average molecular weight is 336 g/mol. The van der Waals surface area contributed by atoms with E-state index in [2.05, 4.69) is 6.58 Å². The SMILES string of the molecule is C=Cc1ccccc1C(=C=O)C(=C=O)c1ccccc1-c1ccccc1. The van der Waals surface area contributed by atoms with Crippen molar-refractivity contribution in [2.75, 3.05) is 0 Å². The number of hydrogen-bond donors (Lipinski definition) is 0. The van der Waals surface area contributed by atoms with E-state index in [0.29, 0.717) is 11.1 Å². The van der Waals surface area contributed by atoms with E-state index in [9.17, 15) is 9.59 Å². The molecule has 3 rings (SSSR count). The van der Waals surface area contributed by atoms with Gasteiger partial charge in [0.2, 0.25) is 0 Å². The fourth-order valence-electron chi connectivity index (χ4n) is 2.95. The molecule has 3 aromatic carbocycles. The first kappa shape index (κ1) is 17.1. The lowest BCUT2D eigenvalue weighted by Crippen LogP contribution is -1.97. The van der Waals surface area contributed by atoms with Crippen molar-refractivity contribution in [1.82, 2.24) is 0 Å². The van der Waals surface area contributed by atoms with Gasteiger partial charge in [-0.2, -0.15) is 0 Å². The molecule has 0 spiro atoms. The summed E-state index contributed by atoms with van der Waals surface area (Å²) in [5.41, 5.74) is 4.20. The molecule has 0 heterocycles. The fraction of sp³-hybridized carbons (Fsp3) is 0. The Kier molecular flexibility index (Phi) is 5.22. The van der Waals surface area contributed by atoms with Gasteiger partial charge < -0.3 is 0 Å². The van der Waals surface area contributed by atoms with Gasteiger partial charge in [-0.05, 0) is 16.7 Å². The Morgan fingerprint density at radius 3 is 1.88 bits per heavy atom. The summed E-state index contributed by atoms with van der Waals surface area (Å²) >= 11 is 0. The molecular weight excluding hydrogens is 320 g/mol.